The number of carbonyl (C=O) groups excluding carboxylic acids is 2. The van der Waals surface area contributed by atoms with Crippen molar-refractivity contribution in [2.24, 2.45) is 10.9 Å². The molecule has 4 nitrogen and oxygen atoms in total. The molecule has 1 aliphatic rings. The van der Waals surface area contributed by atoms with Gasteiger partial charge in [0.25, 0.3) is 11.8 Å². The average Bonchev–Trinajstić information content (AvgIpc) is 2.59. The van der Waals surface area contributed by atoms with Crippen molar-refractivity contribution in [3.8, 4) is 0 Å². The largest absolute Gasteiger partial charge is 0.352 e. The Morgan fingerprint density at radius 3 is 2.46 bits per heavy atom. The first-order valence-electron chi connectivity index (χ1n) is 8.31. The zero-order valence-electron chi connectivity index (χ0n) is 14.5. The van der Waals surface area contributed by atoms with Gasteiger partial charge in [0, 0.05) is 11.8 Å². The minimum absolute atomic E-state index is 0.106. The second kappa shape index (κ2) is 7.15. The first-order chi connectivity index (χ1) is 12.4. The van der Waals surface area contributed by atoms with Gasteiger partial charge in [0.15, 0.2) is 0 Å². The summed E-state index contributed by atoms with van der Waals surface area (Å²) in [5.74, 6) is -3.44. The summed E-state index contributed by atoms with van der Waals surface area (Å²) in [4.78, 5) is 28.4. The lowest BCUT2D eigenvalue weighted by molar-refractivity contribution is -0.120. The number of aryl methyl sites for hydroxylation is 2. The van der Waals surface area contributed by atoms with Crippen LogP contribution in [0.5, 0.6) is 0 Å². The van der Waals surface area contributed by atoms with Crippen LogP contribution in [0.2, 0.25) is 0 Å². The fourth-order valence-corrected chi connectivity index (χ4v) is 2.99. The summed E-state index contributed by atoms with van der Waals surface area (Å²) < 4.78 is 27.2. The molecular formula is C20H18F2N2O2. The molecule has 0 radical (unpaired) electrons. The van der Waals surface area contributed by atoms with Crippen molar-refractivity contribution in [1.29, 1.82) is 0 Å². The molecule has 0 bridgehead atoms. The molecule has 2 aromatic carbocycles. The number of nitrogens with zero attached hydrogens (tertiary/aromatic N) is 1. The number of benzene rings is 2. The number of hydrogen-bond donors (Lipinski definition) is 1. The first-order valence-corrected chi connectivity index (χ1v) is 8.31. The van der Waals surface area contributed by atoms with Gasteiger partial charge in [-0.15, -0.1) is 0 Å². The molecule has 2 amide bonds. The van der Waals surface area contributed by atoms with E-state index in [0.717, 1.165) is 28.5 Å². The van der Waals surface area contributed by atoms with Crippen molar-refractivity contribution in [3.63, 3.8) is 0 Å². The lowest BCUT2D eigenvalue weighted by Crippen LogP contribution is -2.38. The number of halogens is 2. The van der Waals surface area contributed by atoms with E-state index in [2.05, 4.69) is 10.3 Å². The molecule has 134 valence electrons. The van der Waals surface area contributed by atoms with Gasteiger partial charge < -0.3 is 5.32 Å². The molecule has 26 heavy (non-hydrogen) atoms. The van der Waals surface area contributed by atoms with Crippen LogP contribution in [0.3, 0.4) is 0 Å². The number of fused-ring (bicyclic) bond motifs is 1. The number of amides is 2. The third kappa shape index (κ3) is 3.40. The van der Waals surface area contributed by atoms with Crippen LogP contribution in [-0.2, 0) is 4.79 Å². The van der Waals surface area contributed by atoms with Crippen LogP contribution in [0.15, 0.2) is 35.3 Å². The van der Waals surface area contributed by atoms with E-state index in [1.54, 1.807) is 0 Å². The molecule has 1 atom stereocenters. The van der Waals surface area contributed by atoms with Crippen molar-refractivity contribution in [2.75, 3.05) is 6.54 Å². The van der Waals surface area contributed by atoms with Crippen LogP contribution in [0.4, 0.5) is 8.78 Å². The van der Waals surface area contributed by atoms with Crippen LogP contribution >= 0.6 is 0 Å². The van der Waals surface area contributed by atoms with E-state index in [9.17, 15) is 18.4 Å². The van der Waals surface area contributed by atoms with Crippen molar-refractivity contribution in [1.82, 2.24) is 5.32 Å². The van der Waals surface area contributed by atoms with Crippen LogP contribution < -0.4 is 15.9 Å². The van der Waals surface area contributed by atoms with Gasteiger partial charge in [-0.1, -0.05) is 24.3 Å². The van der Waals surface area contributed by atoms with Crippen molar-refractivity contribution < 1.29 is 18.4 Å². The van der Waals surface area contributed by atoms with E-state index in [0.29, 0.717) is 11.8 Å². The number of rotatable bonds is 4. The maximum absolute atomic E-state index is 13.6. The van der Waals surface area contributed by atoms with Gasteiger partial charge in [-0.25, -0.2) is 13.8 Å². The molecule has 1 aliphatic heterocycles. The summed E-state index contributed by atoms with van der Waals surface area (Å²) in [5, 5.41) is 4.07. The van der Waals surface area contributed by atoms with E-state index in [-0.39, 0.29) is 12.5 Å². The van der Waals surface area contributed by atoms with Gasteiger partial charge in [-0.3, -0.25) is 9.59 Å². The summed E-state index contributed by atoms with van der Waals surface area (Å²) in [7, 11) is 0. The Hall–Kier alpha value is -2.89. The summed E-state index contributed by atoms with van der Waals surface area (Å²) in [6.07, 6.45) is 2.15. The van der Waals surface area contributed by atoms with E-state index in [1.807, 2.05) is 32.1 Å². The van der Waals surface area contributed by atoms with Crippen LogP contribution in [0, 0.1) is 31.4 Å². The molecule has 3 rings (SSSR count). The molecule has 1 unspecified atom stereocenters. The summed E-state index contributed by atoms with van der Waals surface area (Å²) in [6.45, 7) is 3.95. The highest BCUT2D eigenvalue weighted by Gasteiger charge is 2.21. The number of carbonyl (C=O) groups is 2. The van der Waals surface area contributed by atoms with Gasteiger partial charge >= 0.3 is 0 Å². The average molecular weight is 356 g/mol. The molecule has 2 aromatic rings. The topological polar surface area (TPSA) is 58.5 Å². The predicted molar refractivity (Wildman–Crippen MR) is 93.0 cm³/mol. The fraction of sp³-hybridized carbons (Fsp3) is 0.250. The highest BCUT2D eigenvalue weighted by Crippen LogP contribution is 2.13. The van der Waals surface area contributed by atoms with Crippen molar-refractivity contribution in [3.05, 3.63) is 69.2 Å². The Balaban J connectivity index is 1.73. The highest BCUT2D eigenvalue weighted by atomic mass is 19.1. The van der Waals surface area contributed by atoms with Gasteiger partial charge in [0.2, 0.25) is 0 Å². The zero-order valence-corrected chi connectivity index (χ0v) is 14.5. The smallest absolute Gasteiger partial charge is 0.257 e. The third-order valence-electron chi connectivity index (χ3n) is 4.47. The molecule has 0 spiro atoms. The summed E-state index contributed by atoms with van der Waals surface area (Å²) in [5.41, 5.74) is 1.33. The van der Waals surface area contributed by atoms with Gasteiger partial charge in [0.05, 0.1) is 11.3 Å². The fourth-order valence-electron chi connectivity index (χ4n) is 2.99. The molecule has 0 aromatic heterocycles. The maximum atomic E-state index is 13.6. The Labute approximate surface area is 149 Å². The molecule has 0 saturated heterocycles. The number of nitrogens with one attached hydrogen (secondary N) is 1. The van der Waals surface area contributed by atoms with Crippen molar-refractivity contribution in [2.45, 2.75) is 20.3 Å². The van der Waals surface area contributed by atoms with Gasteiger partial charge in [-0.05, 0) is 43.5 Å². The predicted octanol–water partition coefficient (Wildman–Crippen LogP) is 1.96. The monoisotopic (exact) mass is 356 g/mol. The van der Waals surface area contributed by atoms with E-state index < -0.39 is 29.0 Å². The first kappa shape index (κ1) is 17.9. The second-order valence-electron chi connectivity index (χ2n) is 6.33. The summed E-state index contributed by atoms with van der Waals surface area (Å²) in [6, 6.07) is 7.13. The van der Waals surface area contributed by atoms with E-state index in [4.69, 9.17) is 0 Å². The van der Waals surface area contributed by atoms with Crippen LogP contribution in [-0.4, -0.2) is 18.4 Å². The molecule has 1 N–H and O–H groups in total. The molecule has 0 saturated carbocycles. The lowest BCUT2D eigenvalue weighted by atomic mass is 9.97. The van der Waals surface area contributed by atoms with E-state index in [1.165, 1.54) is 6.07 Å². The minimum atomic E-state index is -0.919. The third-order valence-corrected chi connectivity index (χ3v) is 4.47. The van der Waals surface area contributed by atoms with Crippen molar-refractivity contribution >= 4 is 17.9 Å². The van der Waals surface area contributed by atoms with Gasteiger partial charge in [0.1, 0.15) is 17.2 Å². The molecule has 1 heterocycles. The Bertz CT molecular complexity index is 995. The molecule has 0 aliphatic carbocycles. The van der Waals surface area contributed by atoms with E-state index >= 15 is 0 Å². The van der Waals surface area contributed by atoms with Gasteiger partial charge in [-0.2, -0.15) is 0 Å². The summed E-state index contributed by atoms with van der Waals surface area (Å²) >= 11 is 0. The SMILES string of the molecule is Cc1ccc(C)c2c1=CC(CCNC(=O)c1c(F)cccc1F)C(=O)N=2. The maximum Gasteiger partial charge on any atom is 0.257 e. The highest BCUT2D eigenvalue weighted by molar-refractivity contribution is 5.94. The molecular weight excluding hydrogens is 338 g/mol. The molecule has 6 heteroatoms. The normalized spacial score (nSPS) is 15.7. The Kier molecular flexibility index (Phi) is 4.93. The Morgan fingerprint density at radius 1 is 1.12 bits per heavy atom. The van der Waals surface area contributed by atoms with Crippen LogP contribution in [0.25, 0.3) is 6.08 Å². The lowest BCUT2D eigenvalue weighted by Gasteiger charge is -2.14. The Morgan fingerprint density at radius 2 is 1.77 bits per heavy atom. The van der Waals surface area contributed by atoms with Crippen LogP contribution in [0.1, 0.15) is 27.9 Å². The minimum Gasteiger partial charge on any atom is -0.352 e. The molecule has 0 fully saturated rings. The second-order valence-corrected chi connectivity index (χ2v) is 6.33. The number of hydrogen-bond acceptors (Lipinski definition) is 2. The quantitative estimate of drug-likeness (QED) is 0.910. The standard InChI is InChI=1S/C20H18F2N2O2/c1-11-6-7-12(2)18-14(11)10-13(19(25)24-18)8-9-23-20(26)17-15(21)4-3-5-16(17)22/h3-7,10,13H,8-9H2,1-2H3,(H,23,26). The zero-order chi connectivity index (χ0) is 18.8.